The molecule has 0 saturated carbocycles. The van der Waals surface area contributed by atoms with Crippen molar-refractivity contribution in [2.75, 3.05) is 0 Å². The van der Waals surface area contributed by atoms with Crippen LogP contribution in [-0.4, -0.2) is 21.2 Å². The van der Waals surface area contributed by atoms with Crippen molar-refractivity contribution in [3.05, 3.63) is 150 Å². The number of aromatic nitrogens is 2. The lowest BCUT2D eigenvalue weighted by molar-refractivity contribution is -0.143. The van der Waals surface area contributed by atoms with Crippen LogP contribution in [-0.2, 0) is 16.1 Å². The predicted molar refractivity (Wildman–Crippen MR) is 181 cm³/mol. The fourth-order valence-corrected chi connectivity index (χ4v) is 7.26. The molecule has 4 aromatic carbocycles. The van der Waals surface area contributed by atoms with Crippen LogP contribution in [0.3, 0.4) is 0 Å². The Morgan fingerprint density at radius 1 is 0.978 bits per heavy atom. The van der Waals surface area contributed by atoms with Crippen LogP contribution in [0.1, 0.15) is 43.5 Å². The molecule has 6 aromatic rings. The third-order valence-corrected chi connectivity index (χ3v) is 9.33. The maximum absolute atomic E-state index is 14.2. The van der Waals surface area contributed by atoms with Gasteiger partial charge in [0.1, 0.15) is 0 Å². The molecule has 8 heteroatoms. The van der Waals surface area contributed by atoms with Crippen molar-refractivity contribution in [2.45, 2.75) is 39.5 Å². The highest BCUT2D eigenvalue weighted by molar-refractivity contribution is 7.07. The molecule has 224 valence electrons. The lowest BCUT2D eigenvalue weighted by Crippen LogP contribution is -2.40. The summed E-state index contributed by atoms with van der Waals surface area (Å²) in [7, 11) is 0. The van der Waals surface area contributed by atoms with Crippen LogP contribution in [0.5, 0.6) is 0 Å². The van der Waals surface area contributed by atoms with E-state index in [9.17, 15) is 9.59 Å². The van der Waals surface area contributed by atoms with E-state index in [1.165, 1.54) is 27.7 Å². The molecule has 0 radical (unpaired) electrons. The Bertz CT molecular complexity index is 2320. The van der Waals surface area contributed by atoms with Crippen molar-refractivity contribution in [2.24, 2.45) is 4.99 Å². The Balaban J connectivity index is 1.37. The monoisotopic (exact) mass is 631 g/mol. The summed E-state index contributed by atoms with van der Waals surface area (Å²) in [5, 5.41) is 4.04. The lowest BCUT2D eigenvalue weighted by Gasteiger charge is -2.25. The number of halogens is 1. The number of thiazole rings is 1. The molecule has 0 unspecified atom stereocenters. The van der Waals surface area contributed by atoms with Crippen LogP contribution in [0.15, 0.2) is 118 Å². The Morgan fingerprint density at radius 2 is 1.69 bits per heavy atom. The fraction of sp³-hybridized carbons (Fsp3) is 0.162. The van der Waals surface area contributed by atoms with Gasteiger partial charge in [0.05, 0.1) is 27.9 Å². The van der Waals surface area contributed by atoms with Crippen molar-refractivity contribution in [3.8, 4) is 0 Å². The largest absolute Gasteiger partial charge is 0.459 e. The summed E-state index contributed by atoms with van der Waals surface area (Å²) in [6.45, 7) is 6.08. The number of esters is 1. The molecule has 0 saturated heterocycles. The number of nitrogens with zero attached hydrogens (tertiary/aromatic N) is 3. The maximum Gasteiger partial charge on any atom is 0.338 e. The van der Waals surface area contributed by atoms with Gasteiger partial charge in [0.25, 0.3) is 5.56 Å². The molecule has 0 bridgehead atoms. The second kappa shape index (κ2) is 11.7. The number of para-hydroxylation sites is 1. The third kappa shape index (κ3) is 5.32. The minimum Gasteiger partial charge on any atom is -0.459 e. The van der Waals surface area contributed by atoms with Crippen molar-refractivity contribution in [1.82, 2.24) is 9.13 Å². The summed E-state index contributed by atoms with van der Waals surface area (Å²) in [4.78, 5) is 32.9. The molecule has 2 aromatic heterocycles. The van der Waals surface area contributed by atoms with E-state index < -0.39 is 12.0 Å². The molecule has 1 atom stereocenters. The molecular weight excluding hydrogens is 602 g/mol. The van der Waals surface area contributed by atoms with Gasteiger partial charge in [0.15, 0.2) is 4.80 Å². The summed E-state index contributed by atoms with van der Waals surface area (Å²) >= 11 is 7.53. The highest BCUT2D eigenvalue weighted by Gasteiger charge is 2.33. The van der Waals surface area contributed by atoms with Gasteiger partial charge in [-0.15, -0.1) is 0 Å². The van der Waals surface area contributed by atoms with Crippen molar-refractivity contribution in [3.63, 3.8) is 0 Å². The molecule has 1 aliphatic rings. The van der Waals surface area contributed by atoms with E-state index in [1.807, 2.05) is 30.3 Å². The summed E-state index contributed by atoms with van der Waals surface area (Å²) < 4.78 is 10.00. The van der Waals surface area contributed by atoms with Gasteiger partial charge < -0.3 is 9.30 Å². The Labute approximate surface area is 268 Å². The molecule has 7 rings (SSSR count). The number of ether oxygens (including phenoxy) is 1. The zero-order valence-electron chi connectivity index (χ0n) is 25.0. The van der Waals surface area contributed by atoms with Crippen LogP contribution in [0.4, 0.5) is 0 Å². The zero-order chi connectivity index (χ0) is 31.2. The number of carbonyl (C=O) groups excluding carboxylic acids is 1. The molecule has 3 heterocycles. The number of hydrogen-bond donors (Lipinski definition) is 0. The van der Waals surface area contributed by atoms with Crippen LogP contribution < -0.4 is 14.9 Å². The van der Waals surface area contributed by atoms with Crippen LogP contribution in [0.25, 0.3) is 27.8 Å². The molecule has 1 aliphatic heterocycles. The molecule has 0 amide bonds. The van der Waals surface area contributed by atoms with Gasteiger partial charge in [0.2, 0.25) is 0 Å². The SMILES string of the molecule is CC1=C(C(=O)OC(C)C)[C@H](c2ccc(Cl)cc2)n2c(s/c(=C\c3cn(Cc4cccc5ccccc45)c4ccccc34)c2=O)=N1. The molecular formula is C37H30ClN3O3S. The zero-order valence-corrected chi connectivity index (χ0v) is 26.6. The van der Waals surface area contributed by atoms with Crippen molar-refractivity contribution < 1.29 is 9.53 Å². The average molecular weight is 632 g/mol. The summed E-state index contributed by atoms with van der Waals surface area (Å²) in [6.07, 6.45) is 3.73. The molecule has 6 nitrogen and oxygen atoms in total. The van der Waals surface area contributed by atoms with E-state index in [0.717, 1.165) is 22.0 Å². The fourth-order valence-electron chi connectivity index (χ4n) is 6.10. The van der Waals surface area contributed by atoms with E-state index in [2.05, 4.69) is 65.4 Å². The average Bonchev–Trinajstić information content (AvgIpc) is 3.52. The first-order chi connectivity index (χ1) is 21.8. The van der Waals surface area contributed by atoms with Gasteiger partial charge in [-0.2, -0.15) is 0 Å². The minimum absolute atomic E-state index is 0.216. The number of fused-ring (bicyclic) bond motifs is 3. The maximum atomic E-state index is 14.2. The summed E-state index contributed by atoms with van der Waals surface area (Å²) in [6, 6.07) is 29.5. The summed E-state index contributed by atoms with van der Waals surface area (Å²) in [5.74, 6) is -0.489. The minimum atomic E-state index is -0.695. The Hall–Kier alpha value is -4.72. The van der Waals surface area contributed by atoms with Gasteiger partial charge in [0, 0.05) is 34.2 Å². The first-order valence-electron chi connectivity index (χ1n) is 14.8. The standard InChI is InChI=1S/C37H30ClN3O3S/c1-22(2)44-36(43)33-23(3)39-37-41(34(33)25-15-17-28(38)18-16-25)35(42)32(45-37)19-27-21-40(31-14-7-6-13-30(27)31)20-26-11-8-10-24-9-4-5-12-29(24)26/h4-19,21-22,34H,20H2,1-3H3/b32-19-/t34-/m0/s1. The highest BCUT2D eigenvalue weighted by atomic mass is 35.5. The number of hydrogen-bond acceptors (Lipinski definition) is 5. The Kier molecular flexibility index (Phi) is 7.51. The highest BCUT2D eigenvalue weighted by Crippen LogP contribution is 2.32. The molecule has 0 N–H and O–H groups in total. The van der Waals surface area contributed by atoms with Crippen LogP contribution >= 0.6 is 22.9 Å². The lowest BCUT2D eigenvalue weighted by atomic mass is 9.96. The number of allylic oxidation sites excluding steroid dienone is 1. The Morgan fingerprint density at radius 3 is 2.47 bits per heavy atom. The van der Waals surface area contributed by atoms with E-state index in [-0.39, 0.29) is 11.7 Å². The van der Waals surface area contributed by atoms with Gasteiger partial charge >= 0.3 is 5.97 Å². The van der Waals surface area contributed by atoms with E-state index in [4.69, 9.17) is 21.3 Å². The topological polar surface area (TPSA) is 65.6 Å². The third-order valence-electron chi connectivity index (χ3n) is 8.10. The number of benzene rings is 4. The smallest absolute Gasteiger partial charge is 0.338 e. The van der Waals surface area contributed by atoms with Gasteiger partial charge in [-0.25, -0.2) is 9.79 Å². The normalized spacial score (nSPS) is 15.1. The second-order valence-corrected chi connectivity index (χ2v) is 12.9. The molecule has 45 heavy (non-hydrogen) atoms. The van der Waals surface area contributed by atoms with Gasteiger partial charge in [-0.1, -0.05) is 95.7 Å². The first-order valence-corrected chi connectivity index (χ1v) is 16.0. The van der Waals surface area contributed by atoms with Crippen molar-refractivity contribution >= 4 is 56.7 Å². The number of carbonyl (C=O) groups is 1. The van der Waals surface area contributed by atoms with E-state index >= 15 is 0 Å². The van der Waals surface area contributed by atoms with E-state index in [0.29, 0.717) is 32.2 Å². The first kappa shape index (κ1) is 29.0. The molecule has 0 aliphatic carbocycles. The van der Waals surface area contributed by atoms with E-state index in [1.54, 1.807) is 37.5 Å². The van der Waals surface area contributed by atoms with Gasteiger partial charge in [-0.05, 0) is 66.9 Å². The van der Waals surface area contributed by atoms with Crippen LogP contribution in [0, 0.1) is 0 Å². The van der Waals surface area contributed by atoms with Crippen LogP contribution in [0.2, 0.25) is 5.02 Å². The molecule has 0 fully saturated rings. The second-order valence-electron chi connectivity index (χ2n) is 11.5. The van der Waals surface area contributed by atoms with Gasteiger partial charge in [-0.3, -0.25) is 9.36 Å². The molecule has 0 spiro atoms. The van der Waals surface area contributed by atoms with Crippen molar-refractivity contribution in [1.29, 1.82) is 0 Å². The predicted octanol–water partition coefficient (Wildman–Crippen LogP) is 7.00. The number of rotatable bonds is 6. The quantitative estimate of drug-likeness (QED) is 0.186. The summed E-state index contributed by atoms with van der Waals surface area (Å²) in [5.41, 5.74) is 4.65.